The largest absolute Gasteiger partial charge is 0.480 e. The minimum atomic E-state index is -1.47. The number of amides is 3. The van der Waals surface area contributed by atoms with Gasteiger partial charge in [0, 0.05) is 19.5 Å². The number of aliphatic carboxylic acids is 1. The van der Waals surface area contributed by atoms with Crippen molar-refractivity contribution in [2.24, 2.45) is 0 Å². The lowest BCUT2D eigenvalue weighted by Gasteiger charge is -2.44. The molecule has 220 valence electrons. The summed E-state index contributed by atoms with van der Waals surface area (Å²) < 4.78 is 5.65. The number of carboxylic acids is 1. The van der Waals surface area contributed by atoms with Crippen LogP contribution in [0.4, 0.5) is 4.79 Å². The van der Waals surface area contributed by atoms with E-state index in [-0.39, 0.29) is 38.4 Å². The maximum Gasteiger partial charge on any atom is 0.411 e. The van der Waals surface area contributed by atoms with Gasteiger partial charge in [-0.2, -0.15) is 0 Å². The van der Waals surface area contributed by atoms with Crippen molar-refractivity contribution in [2.75, 3.05) is 13.1 Å². The van der Waals surface area contributed by atoms with E-state index in [1.54, 1.807) is 25.7 Å². The number of likely N-dealkylation sites (tertiary alicyclic amines) is 1. The number of aliphatic hydroxyl groups excluding tert-OH is 1. The van der Waals surface area contributed by atoms with Crippen molar-refractivity contribution < 1.29 is 34.1 Å². The molecule has 0 unspecified atom stereocenters. The molecule has 0 aliphatic carbocycles. The first kappa shape index (κ1) is 30.0. The van der Waals surface area contributed by atoms with Crippen LogP contribution >= 0.6 is 0 Å². The van der Waals surface area contributed by atoms with E-state index >= 15 is 0 Å². The molecule has 0 spiro atoms. The van der Waals surface area contributed by atoms with Crippen molar-refractivity contribution in [1.82, 2.24) is 15.1 Å². The van der Waals surface area contributed by atoms with Crippen molar-refractivity contribution in [1.29, 1.82) is 0 Å². The third-order valence-electron chi connectivity index (χ3n) is 7.89. The second-order valence-electron chi connectivity index (χ2n) is 11.9. The van der Waals surface area contributed by atoms with Gasteiger partial charge in [0.05, 0.1) is 18.1 Å². The summed E-state index contributed by atoms with van der Waals surface area (Å²) in [6.07, 6.45) is -1.01. The highest BCUT2D eigenvalue weighted by Gasteiger charge is 2.47. The number of fused-ring (bicyclic) bond motifs is 1. The van der Waals surface area contributed by atoms with E-state index in [0.717, 1.165) is 11.1 Å². The number of hydrogen-bond acceptors (Lipinski definition) is 6. The molecular weight excluding hydrogens is 526 g/mol. The summed E-state index contributed by atoms with van der Waals surface area (Å²) in [5.41, 5.74) is 0.853. The molecule has 0 saturated carbocycles. The molecule has 1 saturated heterocycles. The van der Waals surface area contributed by atoms with Crippen LogP contribution in [0.15, 0.2) is 54.6 Å². The van der Waals surface area contributed by atoms with E-state index in [9.17, 15) is 29.4 Å². The molecule has 3 N–H and O–H groups in total. The standard InChI is InChI=1S/C31H39N3O7/c1-20(35)25(27(37)38)32-28(39)31(23-12-6-5-7-13-23)14-16-33(17-15-31)26(36)24-18-21-10-8-9-11-22(21)19-34(24)29(40)41-30(2,3)4/h5-13,20,24-25,35H,14-19H2,1-4H3,(H,32,39)(H,37,38)/t20-,24+,25+/m0/s1. The van der Waals surface area contributed by atoms with Crippen LogP contribution in [-0.2, 0) is 37.5 Å². The maximum absolute atomic E-state index is 14.0. The number of nitrogens with one attached hydrogen (secondary N) is 1. The van der Waals surface area contributed by atoms with Crippen LogP contribution in [0.5, 0.6) is 0 Å². The quantitative estimate of drug-likeness (QED) is 0.490. The van der Waals surface area contributed by atoms with Gasteiger partial charge in [0.1, 0.15) is 11.6 Å². The fraction of sp³-hybridized carbons (Fsp3) is 0.484. The summed E-state index contributed by atoms with van der Waals surface area (Å²) in [7, 11) is 0. The predicted molar refractivity (Wildman–Crippen MR) is 151 cm³/mol. The summed E-state index contributed by atoms with van der Waals surface area (Å²) >= 11 is 0. The average Bonchev–Trinajstić information content (AvgIpc) is 2.94. The molecule has 1 fully saturated rings. The third kappa shape index (κ3) is 6.53. The number of carbonyl (C=O) groups excluding carboxylic acids is 3. The number of rotatable bonds is 6. The van der Waals surface area contributed by atoms with Gasteiger partial charge in [-0.25, -0.2) is 9.59 Å². The Kier molecular flexibility index (Phi) is 8.72. The van der Waals surface area contributed by atoms with Crippen LogP contribution in [0.3, 0.4) is 0 Å². The summed E-state index contributed by atoms with van der Waals surface area (Å²) in [5, 5.41) is 22.0. The van der Waals surface area contributed by atoms with Gasteiger partial charge in [0.2, 0.25) is 11.8 Å². The van der Waals surface area contributed by atoms with Crippen LogP contribution in [0, 0.1) is 0 Å². The SMILES string of the molecule is C[C@H](O)[C@@H](NC(=O)C1(c2ccccc2)CCN(C(=O)[C@H]2Cc3ccccc3CN2C(=O)OC(C)(C)C)CC1)C(=O)O. The Labute approximate surface area is 240 Å². The Hall–Kier alpha value is -3.92. The Bertz CT molecular complexity index is 1280. The number of ether oxygens (including phenoxy) is 1. The normalized spacial score (nSPS) is 19.9. The van der Waals surface area contributed by atoms with Gasteiger partial charge in [0.15, 0.2) is 6.04 Å². The van der Waals surface area contributed by atoms with Gasteiger partial charge in [-0.15, -0.1) is 0 Å². The molecule has 2 aromatic rings. The molecule has 3 amide bonds. The highest BCUT2D eigenvalue weighted by atomic mass is 16.6. The van der Waals surface area contributed by atoms with Crippen molar-refractivity contribution in [3.8, 4) is 0 Å². The van der Waals surface area contributed by atoms with Crippen molar-refractivity contribution >= 4 is 23.9 Å². The van der Waals surface area contributed by atoms with E-state index in [0.29, 0.717) is 12.0 Å². The molecule has 0 bridgehead atoms. The smallest absolute Gasteiger partial charge is 0.411 e. The first-order valence-electron chi connectivity index (χ1n) is 13.9. The van der Waals surface area contributed by atoms with Gasteiger partial charge in [-0.05, 0) is 57.2 Å². The zero-order chi connectivity index (χ0) is 29.9. The lowest BCUT2D eigenvalue weighted by atomic mass is 9.71. The second kappa shape index (κ2) is 11.9. The number of nitrogens with zero attached hydrogens (tertiary/aromatic N) is 2. The molecule has 2 heterocycles. The number of carbonyl (C=O) groups is 4. The summed E-state index contributed by atoms with van der Waals surface area (Å²) in [6, 6.07) is 14.6. The van der Waals surface area contributed by atoms with Crippen LogP contribution in [0.2, 0.25) is 0 Å². The van der Waals surface area contributed by atoms with E-state index in [1.165, 1.54) is 11.8 Å². The molecule has 10 heteroatoms. The highest BCUT2D eigenvalue weighted by molar-refractivity contribution is 5.92. The topological polar surface area (TPSA) is 136 Å². The van der Waals surface area contributed by atoms with Gasteiger partial charge >= 0.3 is 12.1 Å². The molecule has 10 nitrogen and oxygen atoms in total. The first-order chi connectivity index (χ1) is 19.3. The lowest BCUT2D eigenvalue weighted by molar-refractivity contribution is -0.147. The predicted octanol–water partition coefficient (Wildman–Crippen LogP) is 2.86. The Balaban J connectivity index is 1.58. The molecule has 3 atom stereocenters. The average molecular weight is 566 g/mol. The molecule has 0 aromatic heterocycles. The number of benzene rings is 2. The van der Waals surface area contributed by atoms with Gasteiger partial charge in [-0.1, -0.05) is 54.6 Å². The van der Waals surface area contributed by atoms with Gasteiger partial charge < -0.3 is 25.2 Å². The van der Waals surface area contributed by atoms with Crippen LogP contribution in [0.1, 0.15) is 57.2 Å². The summed E-state index contributed by atoms with van der Waals surface area (Å²) in [4.78, 5) is 55.7. The molecule has 41 heavy (non-hydrogen) atoms. The van der Waals surface area contributed by atoms with Crippen molar-refractivity contribution in [2.45, 2.75) is 82.7 Å². The molecule has 0 radical (unpaired) electrons. The van der Waals surface area contributed by atoms with Crippen molar-refractivity contribution in [3.05, 3.63) is 71.3 Å². The van der Waals surface area contributed by atoms with E-state index in [2.05, 4.69) is 5.32 Å². The molecule has 2 aliphatic heterocycles. The number of aliphatic hydroxyl groups is 1. The van der Waals surface area contributed by atoms with Crippen LogP contribution < -0.4 is 5.32 Å². The highest BCUT2D eigenvalue weighted by Crippen LogP contribution is 2.37. The molecule has 2 aromatic carbocycles. The summed E-state index contributed by atoms with van der Waals surface area (Å²) in [6.45, 7) is 7.37. The Morgan fingerprint density at radius 2 is 1.56 bits per heavy atom. The Morgan fingerprint density at radius 3 is 2.12 bits per heavy atom. The van der Waals surface area contributed by atoms with E-state index in [4.69, 9.17) is 4.74 Å². The minimum Gasteiger partial charge on any atom is -0.480 e. The third-order valence-corrected chi connectivity index (χ3v) is 7.89. The lowest BCUT2D eigenvalue weighted by Crippen LogP contribution is -2.60. The number of hydrogen-bond donors (Lipinski definition) is 3. The zero-order valence-electron chi connectivity index (χ0n) is 24.0. The first-order valence-corrected chi connectivity index (χ1v) is 13.9. The fourth-order valence-corrected chi connectivity index (χ4v) is 5.65. The van der Waals surface area contributed by atoms with Crippen molar-refractivity contribution in [3.63, 3.8) is 0 Å². The fourth-order valence-electron chi connectivity index (χ4n) is 5.65. The van der Waals surface area contributed by atoms with Crippen LogP contribution in [-0.4, -0.2) is 80.8 Å². The van der Waals surface area contributed by atoms with Gasteiger partial charge in [-0.3, -0.25) is 14.5 Å². The summed E-state index contributed by atoms with van der Waals surface area (Å²) in [5.74, 6) is -2.06. The monoisotopic (exact) mass is 565 g/mol. The number of carboxylic acid groups (broad SMARTS) is 1. The maximum atomic E-state index is 14.0. The zero-order valence-corrected chi connectivity index (χ0v) is 24.0. The Morgan fingerprint density at radius 1 is 0.976 bits per heavy atom. The van der Waals surface area contributed by atoms with Crippen LogP contribution in [0.25, 0.3) is 0 Å². The number of piperidine rings is 1. The minimum absolute atomic E-state index is 0.222. The second-order valence-corrected chi connectivity index (χ2v) is 11.9. The molecule has 2 aliphatic rings. The van der Waals surface area contributed by atoms with E-state index in [1.807, 2.05) is 54.6 Å². The molecule has 4 rings (SSSR count). The van der Waals surface area contributed by atoms with Gasteiger partial charge in [0.25, 0.3) is 0 Å². The molecular formula is C31H39N3O7. The van der Waals surface area contributed by atoms with E-state index < -0.39 is 47.2 Å².